The molecule has 0 unspecified atom stereocenters. The maximum atomic E-state index is 6.50. The van der Waals surface area contributed by atoms with Crippen LogP contribution in [0.5, 0.6) is 34.5 Å². The number of anilines is 12. The summed E-state index contributed by atoms with van der Waals surface area (Å²) < 4.78 is 19.0. The summed E-state index contributed by atoms with van der Waals surface area (Å²) in [7, 11) is 0. The second-order valence-corrected chi connectivity index (χ2v) is 37.8. The molecule has 4 aliphatic rings. The van der Waals surface area contributed by atoms with Gasteiger partial charge in [-0.05, 0) is 239 Å². The molecular formula is C126H96N4O3S3. The summed E-state index contributed by atoms with van der Waals surface area (Å²) in [6, 6.07) is 179. The van der Waals surface area contributed by atoms with E-state index in [1.165, 1.54) is 54.3 Å². The highest BCUT2D eigenvalue weighted by atomic mass is 32.2. The number of benzene rings is 20. The summed E-state index contributed by atoms with van der Waals surface area (Å²) in [5.74, 6) is 5.56. The van der Waals surface area contributed by atoms with Crippen molar-refractivity contribution in [2.75, 3.05) is 19.6 Å². The molecule has 20 aromatic rings. The molecule has 0 aliphatic carbocycles. The predicted octanol–water partition coefficient (Wildman–Crippen LogP) is 37.0. The highest BCUT2D eigenvalue weighted by Crippen LogP contribution is 2.57. The van der Waals surface area contributed by atoms with Crippen LogP contribution in [0.4, 0.5) is 68.2 Å². The topological polar surface area (TPSA) is 40.7 Å². The summed E-state index contributed by atoms with van der Waals surface area (Å²) >= 11 is 5.43. The van der Waals surface area contributed by atoms with Gasteiger partial charge < -0.3 is 33.8 Å². The second-order valence-electron chi connectivity index (χ2n) is 34.6. The first-order chi connectivity index (χ1) is 67.0. The van der Waals surface area contributed by atoms with E-state index >= 15 is 0 Å². The van der Waals surface area contributed by atoms with E-state index in [2.05, 4.69) is 478 Å². The van der Waals surface area contributed by atoms with Crippen LogP contribution in [0, 0.1) is 0 Å². The van der Waals surface area contributed by atoms with E-state index in [0.29, 0.717) is 0 Å². The maximum Gasteiger partial charge on any atom is 0.149 e. The predicted molar refractivity (Wildman–Crippen MR) is 569 cm³/mol. The monoisotopic (exact) mass is 1810 g/mol. The minimum Gasteiger partial charge on any atom is -0.456 e. The quantitative estimate of drug-likeness (QED) is 0.0934. The fourth-order valence-corrected chi connectivity index (χ4v) is 22.1. The van der Waals surface area contributed by atoms with Crippen molar-refractivity contribution in [1.29, 1.82) is 0 Å². The average molecular weight is 1810 g/mol. The van der Waals surface area contributed by atoms with Crippen molar-refractivity contribution >= 4 is 104 Å². The fourth-order valence-electron chi connectivity index (χ4n) is 18.5. The fraction of sp³-hybridized carbons (Fsp3) is 0.0476. The Morgan fingerprint density at radius 3 is 0.824 bits per heavy atom. The largest absolute Gasteiger partial charge is 0.456 e. The van der Waals surface area contributed by atoms with Crippen LogP contribution in [-0.4, -0.2) is 0 Å². The van der Waals surface area contributed by atoms with E-state index in [1.54, 1.807) is 23.5 Å². The van der Waals surface area contributed by atoms with Crippen molar-refractivity contribution in [2.24, 2.45) is 0 Å². The molecule has 0 saturated carbocycles. The summed E-state index contributed by atoms with van der Waals surface area (Å²) in [6.07, 6.45) is 0. The highest BCUT2D eigenvalue weighted by Gasteiger charge is 2.37. The minimum atomic E-state index is -0.127. The van der Waals surface area contributed by atoms with Gasteiger partial charge in [0.2, 0.25) is 0 Å². The van der Waals surface area contributed by atoms with Gasteiger partial charge in [-0.25, -0.2) is 0 Å². The standard InChI is InChI=1S/C33H27NO.C33H27NS.2C30H21NOS/c2*1-33(2)29-17-9-10-19-31(29)35-32-28(16-11-18-30(32)33)24-20-22-27(23-21-24)34(25-12-5-3-6-13-25)26-14-7-4-8-15-26;1-3-10-23(11-4-1)31(24-12-5-2-6-13-24)25-20-18-22(19-21-25)26-14-9-16-28-30(26)33-29-17-8-7-15-27(29)32-28;1-3-10-23(11-4-1)31(24-12-5-2-6-13-24)25-20-18-22(19-21-25)26-14-9-17-29-30(26)32-27-15-7-8-16-28(27)33-29/h2*3-23H,1-2H3;2*1-21H. The third kappa shape index (κ3) is 18.0. The zero-order valence-corrected chi connectivity index (χ0v) is 78.2. The van der Waals surface area contributed by atoms with Crippen LogP contribution in [-0.2, 0) is 10.8 Å². The van der Waals surface area contributed by atoms with Gasteiger partial charge in [-0.15, -0.1) is 0 Å². The second kappa shape index (κ2) is 39.1. The normalized spacial score (nSPS) is 12.6. The van der Waals surface area contributed by atoms with Crippen molar-refractivity contribution in [3.05, 3.63) is 532 Å². The summed E-state index contributed by atoms with van der Waals surface area (Å²) in [6.45, 7) is 9.24. The Kier molecular flexibility index (Phi) is 24.9. The van der Waals surface area contributed by atoms with Crippen LogP contribution in [0.2, 0.25) is 0 Å². The Morgan fingerprint density at radius 1 is 0.162 bits per heavy atom. The van der Waals surface area contributed by atoms with Crippen molar-refractivity contribution in [2.45, 2.75) is 67.9 Å². The lowest BCUT2D eigenvalue weighted by molar-refractivity contribution is 0.419. The zero-order valence-electron chi connectivity index (χ0n) is 75.7. The van der Waals surface area contributed by atoms with Crippen LogP contribution in [0.15, 0.2) is 539 Å². The summed E-state index contributed by atoms with van der Waals surface area (Å²) in [5, 5.41) is 0. The van der Waals surface area contributed by atoms with Crippen molar-refractivity contribution in [3.8, 4) is 79.0 Å². The minimum absolute atomic E-state index is 0.0233. The molecule has 0 saturated heterocycles. The van der Waals surface area contributed by atoms with Gasteiger partial charge in [0.15, 0.2) is 0 Å². The van der Waals surface area contributed by atoms with E-state index in [4.69, 9.17) is 14.2 Å². The van der Waals surface area contributed by atoms with Crippen molar-refractivity contribution < 1.29 is 14.2 Å². The number of ether oxygens (including phenoxy) is 3. The summed E-state index contributed by atoms with van der Waals surface area (Å²) in [5.41, 5.74) is 28.1. The van der Waals surface area contributed by atoms with Crippen molar-refractivity contribution in [1.82, 2.24) is 0 Å². The molecule has 136 heavy (non-hydrogen) atoms. The number of fused-ring (bicyclic) bond motifs is 8. The molecule has 24 rings (SSSR count). The first-order valence-electron chi connectivity index (χ1n) is 46.0. The third-order valence-corrected chi connectivity index (χ3v) is 28.8. The number of hydrogen-bond donors (Lipinski definition) is 0. The van der Waals surface area contributed by atoms with Crippen LogP contribution < -0.4 is 33.8 Å². The molecular weight excluding hydrogens is 1710 g/mol. The Balaban J connectivity index is 0.000000108. The molecule has 0 N–H and O–H groups in total. The van der Waals surface area contributed by atoms with Gasteiger partial charge in [-0.2, -0.15) is 0 Å². The van der Waals surface area contributed by atoms with E-state index in [9.17, 15) is 0 Å². The van der Waals surface area contributed by atoms with Crippen LogP contribution in [0.25, 0.3) is 44.5 Å². The van der Waals surface area contributed by atoms with Gasteiger partial charge in [-0.1, -0.05) is 378 Å². The Bertz CT molecular complexity index is 6940. The van der Waals surface area contributed by atoms with Crippen LogP contribution >= 0.6 is 35.3 Å². The number of nitrogens with zero attached hydrogens (tertiary/aromatic N) is 4. The van der Waals surface area contributed by atoms with Gasteiger partial charge in [0.1, 0.15) is 34.5 Å². The molecule has 656 valence electrons. The van der Waals surface area contributed by atoms with E-state index in [-0.39, 0.29) is 10.8 Å². The van der Waals surface area contributed by atoms with Gasteiger partial charge in [0.05, 0.1) is 19.6 Å². The lowest BCUT2D eigenvalue weighted by atomic mass is 9.75. The summed E-state index contributed by atoms with van der Waals surface area (Å²) in [4.78, 5) is 16.5. The first-order valence-corrected chi connectivity index (χ1v) is 48.4. The van der Waals surface area contributed by atoms with Gasteiger partial charge in [-0.3, -0.25) is 0 Å². The van der Waals surface area contributed by atoms with Crippen LogP contribution in [0.1, 0.15) is 49.9 Å². The molecule has 0 fully saturated rings. The SMILES string of the molecule is CC1(C)c2ccccc2Oc2c(-c3ccc(N(c4ccccc4)c4ccccc4)cc3)cccc21.CC1(C)c2ccccc2Sc2c(-c3ccc(N(c4ccccc4)c4ccccc4)cc3)cccc21.c1ccc(N(c2ccccc2)c2ccc(-c3cccc4c3Oc3ccccc3S4)cc2)cc1.c1ccc(N(c2ccccc2)c2ccc(-c3cccc4c3Sc3ccccc3O4)cc2)cc1. The average Bonchev–Trinajstić information content (AvgIpc) is 0.743. The molecule has 4 aliphatic heterocycles. The molecule has 0 spiro atoms. The molecule has 0 aromatic heterocycles. The smallest absolute Gasteiger partial charge is 0.149 e. The Hall–Kier alpha value is -16.0. The number of rotatable bonds is 16. The molecule has 7 nitrogen and oxygen atoms in total. The zero-order chi connectivity index (χ0) is 91.7. The Morgan fingerprint density at radius 2 is 0.412 bits per heavy atom. The molecule has 0 bridgehead atoms. The number of para-hydroxylation sites is 13. The number of hydrogen-bond acceptors (Lipinski definition) is 10. The third-order valence-electron chi connectivity index (χ3n) is 25.3. The molecule has 10 heteroatoms. The van der Waals surface area contributed by atoms with Gasteiger partial charge in [0, 0.05) is 111 Å². The molecule has 0 radical (unpaired) electrons. The highest BCUT2D eigenvalue weighted by molar-refractivity contribution is 8.00. The van der Waals surface area contributed by atoms with E-state index in [1.807, 2.05) is 90.6 Å². The molecule has 0 amide bonds. The first kappa shape index (κ1) is 86.7. The molecule has 20 aromatic carbocycles. The molecule has 0 atom stereocenters. The maximum absolute atomic E-state index is 6.50. The van der Waals surface area contributed by atoms with Crippen molar-refractivity contribution in [3.63, 3.8) is 0 Å². The lowest BCUT2D eigenvalue weighted by Crippen LogP contribution is -2.24. The molecule has 4 heterocycles. The van der Waals surface area contributed by atoms with Crippen LogP contribution in [0.3, 0.4) is 0 Å². The van der Waals surface area contributed by atoms with E-state index < -0.39 is 0 Å². The Labute approximate surface area is 809 Å². The van der Waals surface area contributed by atoms with Gasteiger partial charge in [0.25, 0.3) is 0 Å². The lowest BCUT2D eigenvalue weighted by Gasteiger charge is -2.35. The van der Waals surface area contributed by atoms with Gasteiger partial charge >= 0.3 is 0 Å². The van der Waals surface area contributed by atoms with E-state index in [0.717, 1.165) is 145 Å².